The number of rotatable bonds is 5. The number of nitrogens with one attached hydrogen (secondary N) is 1. The molecule has 6 nitrogen and oxygen atoms in total. The Morgan fingerprint density at radius 2 is 1.96 bits per heavy atom. The summed E-state index contributed by atoms with van der Waals surface area (Å²) < 4.78 is 1.63. The third-order valence-corrected chi connectivity index (χ3v) is 6.13. The first-order valence-electron chi connectivity index (χ1n) is 9.90. The Morgan fingerprint density at radius 3 is 2.52 bits per heavy atom. The van der Waals surface area contributed by atoms with E-state index >= 15 is 0 Å². The fraction of sp³-hybridized carbons (Fsp3) is 0.667. The van der Waals surface area contributed by atoms with Gasteiger partial charge in [0.05, 0.1) is 17.7 Å². The van der Waals surface area contributed by atoms with Crippen LogP contribution in [-0.4, -0.2) is 46.1 Å². The van der Waals surface area contributed by atoms with Crippen molar-refractivity contribution in [3.8, 4) is 0 Å². The van der Waals surface area contributed by atoms with Gasteiger partial charge in [-0.25, -0.2) is 0 Å². The molecule has 0 bridgehead atoms. The van der Waals surface area contributed by atoms with Crippen molar-refractivity contribution in [2.75, 3.05) is 19.6 Å². The second-order valence-corrected chi connectivity index (χ2v) is 8.95. The van der Waals surface area contributed by atoms with Crippen molar-refractivity contribution < 1.29 is 9.59 Å². The number of amides is 2. The summed E-state index contributed by atoms with van der Waals surface area (Å²) in [6.45, 7) is 10.8. The molecule has 1 saturated carbocycles. The fourth-order valence-electron chi connectivity index (χ4n) is 4.25. The minimum absolute atomic E-state index is 0.0723. The van der Waals surface area contributed by atoms with Crippen LogP contribution in [0.25, 0.3) is 0 Å². The molecule has 1 aliphatic carbocycles. The number of hydrogen-bond acceptors (Lipinski definition) is 3. The van der Waals surface area contributed by atoms with Gasteiger partial charge in [-0.2, -0.15) is 5.10 Å². The Bertz CT molecular complexity index is 737. The smallest absolute Gasteiger partial charge is 0.254 e. The van der Waals surface area contributed by atoms with E-state index in [0.29, 0.717) is 29.9 Å². The molecule has 0 spiro atoms. The standard InChI is InChI=1S/C21H32N4O2/c1-14(2)10-17-18(21(17,3)4)20(27)25-8-6-15(7-9-25)11-22-19(26)16-12-23-24(5)13-16/h10,12-13,15,17-18H,6-9,11H2,1-5H3,(H,22,26). The highest BCUT2D eigenvalue weighted by Gasteiger charge is 2.61. The summed E-state index contributed by atoms with van der Waals surface area (Å²) in [6.07, 6.45) is 7.44. The number of allylic oxidation sites excluding steroid dienone is 2. The Kier molecular flexibility index (Phi) is 5.45. The molecular formula is C21H32N4O2. The third-order valence-electron chi connectivity index (χ3n) is 6.13. The number of aromatic nitrogens is 2. The molecule has 2 unspecified atom stereocenters. The lowest BCUT2D eigenvalue weighted by Gasteiger charge is -2.32. The van der Waals surface area contributed by atoms with Gasteiger partial charge in [0.2, 0.25) is 5.91 Å². The molecule has 1 aromatic rings. The number of hydrogen-bond donors (Lipinski definition) is 1. The molecule has 6 heteroatoms. The predicted molar refractivity (Wildman–Crippen MR) is 105 cm³/mol. The zero-order valence-electron chi connectivity index (χ0n) is 17.2. The van der Waals surface area contributed by atoms with Gasteiger partial charge in [0.1, 0.15) is 0 Å². The van der Waals surface area contributed by atoms with Crippen molar-refractivity contribution in [3.63, 3.8) is 0 Å². The summed E-state index contributed by atoms with van der Waals surface area (Å²) >= 11 is 0. The lowest BCUT2D eigenvalue weighted by molar-refractivity contribution is -0.134. The van der Waals surface area contributed by atoms with Crippen LogP contribution in [0.3, 0.4) is 0 Å². The second kappa shape index (κ2) is 7.49. The number of piperidine rings is 1. The highest BCUT2D eigenvalue weighted by Crippen LogP contribution is 2.60. The zero-order valence-corrected chi connectivity index (χ0v) is 17.2. The minimum Gasteiger partial charge on any atom is -0.352 e. The van der Waals surface area contributed by atoms with E-state index in [1.165, 1.54) is 5.57 Å². The molecule has 1 N–H and O–H groups in total. The summed E-state index contributed by atoms with van der Waals surface area (Å²) in [7, 11) is 1.80. The fourth-order valence-corrected chi connectivity index (χ4v) is 4.25. The number of likely N-dealkylation sites (tertiary alicyclic amines) is 1. The third kappa shape index (κ3) is 4.25. The van der Waals surface area contributed by atoms with E-state index in [1.807, 2.05) is 4.90 Å². The molecule has 0 aromatic carbocycles. The van der Waals surface area contributed by atoms with Crippen molar-refractivity contribution >= 4 is 11.8 Å². The Morgan fingerprint density at radius 1 is 1.30 bits per heavy atom. The topological polar surface area (TPSA) is 67.2 Å². The van der Waals surface area contributed by atoms with Crippen molar-refractivity contribution in [1.82, 2.24) is 20.0 Å². The molecule has 1 aliphatic heterocycles. The number of carbonyl (C=O) groups is 2. The van der Waals surface area contributed by atoms with E-state index in [-0.39, 0.29) is 17.2 Å². The quantitative estimate of drug-likeness (QED) is 0.808. The van der Waals surface area contributed by atoms with Crippen LogP contribution >= 0.6 is 0 Å². The molecule has 27 heavy (non-hydrogen) atoms. The zero-order chi connectivity index (χ0) is 19.8. The molecule has 2 fully saturated rings. The van der Waals surface area contributed by atoms with Gasteiger partial charge in [-0.15, -0.1) is 0 Å². The SMILES string of the molecule is CC(C)=CC1C(C(=O)N2CCC(CNC(=O)c3cnn(C)c3)CC2)C1(C)C. The molecule has 2 aliphatic rings. The summed E-state index contributed by atoms with van der Waals surface area (Å²) in [5, 5.41) is 7.03. The van der Waals surface area contributed by atoms with Crippen LogP contribution in [0, 0.1) is 23.2 Å². The summed E-state index contributed by atoms with van der Waals surface area (Å²) in [4.78, 5) is 27.1. The summed E-state index contributed by atoms with van der Waals surface area (Å²) in [5.74, 6) is 1.14. The summed E-state index contributed by atoms with van der Waals surface area (Å²) in [6, 6.07) is 0. The van der Waals surface area contributed by atoms with Crippen LogP contribution in [-0.2, 0) is 11.8 Å². The van der Waals surface area contributed by atoms with E-state index in [0.717, 1.165) is 25.9 Å². The maximum atomic E-state index is 12.9. The van der Waals surface area contributed by atoms with Crippen molar-refractivity contribution in [2.45, 2.75) is 40.5 Å². The molecule has 1 aromatic heterocycles. The van der Waals surface area contributed by atoms with Gasteiger partial charge in [-0.05, 0) is 43.9 Å². The Balaban J connectivity index is 1.46. The van der Waals surface area contributed by atoms with Crippen LogP contribution < -0.4 is 5.32 Å². The largest absolute Gasteiger partial charge is 0.352 e. The highest BCUT2D eigenvalue weighted by atomic mass is 16.2. The van der Waals surface area contributed by atoms with Crippen LogP contribution in [0.5, 0.6) is 0 Å². The van der Waals surface area contributed by atoms with E-state index in [1.54, 1.807) is 24.1 Å². The van der Waals surface area contributed by atoms with Gasteiger partial charge < -0.3 is 10.2 Å². The van der Waals surface area contributed by atoms with Gasteiger partial charge in [0, 0.05) is 32.9 Å². The molecule has 2 heterocycles. The van der Waals surface area contributed by atoms with E-state index in [4.69, 9.17) is 0 Å². The Labute approximate surface area is 162 Å². The molecule has 148 valence electrons. The van der Waals surface area contributed by atoms with Gasteiger partial charge >= 0.3 is 0 Å². The molecule has 1 saturated heterocycles. The monoisotopic (exact) mass is 372 g/mol. The molecule has 0 radical (unpaired) electrons. The molecule has 3 rings (SSSR count). The highest BCUT2D eigenvalue weighted by molar-refractivity contribution is 5.93. The van der Waals surface area contributed by atoms with Gasteiger partial charge in [-0.1, -0.05) is 25.5 Å². The van der Waals surface area contributed by atoms with Gasteiger partial charge in [0.15, 0.2) is 0 Å². The van der Waals surface area contributed by atoms with E-state index in [9.17, 15) is 9.59 Å². The van der Waals surface area contributed by atoms with E-state index < -0.39 is 0 Å². The van der Waals surface area contributed by atoms with Crippen LogP contribution in [0.2, 0.25) is 0 Å². The summed E-state index contributed by atoms with van der Waals surface area (Å²) in [5.41, 5.74) is 1.95. The molecule has 2 amide bonds. The lowest BCUT2D eigenvalue weighted by atomic mass is 9.96. The van der Waals surface area contributed by atoms with Crippen molar-refractivity contribution in [3.05, 3.63) is 29.6 Å². The predicted octanol–water partition coefficient (Wildman–Crippen LogP) is 2.63. The maximum Gasteiger partial charge on any atom is 0.254 e. The first-order chi connectivity index (χ1) is 12.7. The second-order valence-electron chi connectivity index (χ2n) is 8.95. The van der Waals surface area contributed by atoms with Crippen LogP contribution in [0.15, 0.2) is 24.0 Å². The number of carbonyl (C=O) groups excluding carboxylic acids is 2. The number of aryl methyl sites for hydroxylation is 1. The molecular weight excluding hydrogens is 340 g/mol. The average Bonchev–Trinajstić information content (AvgIpc) is 2.93. The van der Waals surface area contributed by atoms with Gasteiger partial charge in [0.25, 0.3) is 5.91 Å². The van der Waals surface area contributed by atoms with Gasteiger partial charge in [-0.3, -0.25) is 14.3 Å². The minimum atomic E-state index is -0.0779. The molecule has 2 atom stereocenters. The van der Waals surface area contributed by atoms with Crippen LogP contribution in [0.4, 0.5) is 0 Å². The number of nitrogens with zero attached hydrogens (tertiary/aromatic N) is 3. The van der Waals surface area contributed by atoms with Crippen LogP contribution in [0.1, 0.15) is 50.9 Å². The first-order valence-corrected chi connectivity index (χ1v) is 9.90. The van der Waals surface area contributed by atoms with E-state index in [2.05, 4.69) is 44.2 Å². The lowest BCUT2D eigenvalue weighted by Crippen LogP contribution is -2.42. The average molecular weight is 373 g/mol. The first kappa shape index (κ1) is 19.6. The van der Waals surface area contributed by atoms with Crippen molar-refractivity contribution in [1.29, 1.82) is 0 Å². The maximum absolute atomic E-state index is 12.9. The van der Waals surface area contributed by atoms with Crippen molar-refractivity contribution in [2.24, 2.45) is 30.2 Å². The normalized spacial score (nSPS) is 24.4. The Hall–Kier alpha value is -2.11.